The molecule has 0 aromatic carbocycles. The van der Waals surface area contributed by atoms with Crippen molar-refractivity contribution >= 4 is 5.91 Å². The van der Waals surface area contributed by atoms with Crippen molar-refractivity contribution in [1.29, 1.82) is 0 Å². The van der Waals surface area contributed by atoms with E-state index in [0.717, 1.165) is 4.90 Å². The van der Waals surface area contributed by atoms with Crippen molar-refractivity contribution in [1.82, 2.24) is 14.9 Å². The Balaban J connectivity index is 1.96. The van der Waals surface area contributed by atoms with Gasteiger partial charge in [-0.2, -0.15) is 22.5 Å². The second-order valence-electron chi connectivity index (χ2n) is 4.95. The van der Waals surface area contributed by atoms with Crippen LogP contribution in [0.5, 0.6) is 5.88 Å². The van der Waals surface area contributed by atoms with Gasteiger partial charge >= 0.3 is 6.18 Å². The Bertz CT molecular complexity index is 551. The predicted octanol–water partition coefficient (Wildman–Crippen LogP) is 2.11. The van der Waals surface area contributed by atoms with Crippen molar-refractivity contribution in [2.24, 2.45) is 0 Å². The number of likely N-dealkylation sites (tertiary alicyclic amines) is 1. The molecule has 1 aliphatic rings. The number of rotatable bonds is 4. The molecular formula is C13H15F4N3O2. The number of aromatic nitrogens is 2. The molecule has 0 aliphatic carbocycles. The van der Waals surface area contributed by atoms with E-state index in [1.807, 2.05) is 0 Å². The molecule has 1 aromatic rings. The number of nitrogens with zero attached hydrogens (tertiary/aromatic N) is 3. The smallest absolute Gasteiger partial charge is 0.397 e. The largest absolute Gasteiger partial charge is 0.470 e. The molecule has 0 unspecified atom stereocenters. The van der Waals surface area contributed by atoms with Crippen molar-refractivity contribution in [2.45, 2.75) is 38.5 Å². The average Bonchev–Trinajstić information content (AvgIpc) is 2.88. The molecule has 0 radical (unpaired) electrons. The van der Waals surface area contributed by atoms with E-state index in [0.29, 0.717) is 12.8 Å². The van der Waals surface area contributed by atoms with Crippen LogP contribution in [-0.4, -0.2) is 46.1 Å². The number of hydrogen-bond donors (Lipinski definition) is 0. The molecule has 1 aliphatic heterocycles. The predicted molar refractivity (Wildman–Crippen MR) is 67.7 cm³/mol. The summed E-state index contributed by atoms with van der Waals surface area (Å²) in [5.74, 6) is -1.91. The molecular weight excluding hydrogens is 306 g/mol. The summed E-state index contributed by atoms with van der Waals surface area (Å²) in [4.78, 5) is 20.0. The zero-order chi connectivity index (χ0) is 16.3. The van der Waals surface area contributed by atoms with Gasteiger partial charge in [-0.1, -0.05) is 6.92 Å². The van der Waals surface area contributed by atoms with Crippen LogP contribution in [-0.2, 0) is 11.2 Å². The molecule has 22 heavy (non-hydrogen) atoms. The van der Waals surface area contributed by atoms with Crippen LogP contribution < -0.4 is 4.74 Å². The molecule has 0 spiro atoms. The van der Waals surface area contributed by atoms with E-state index in [9.17, 15) is 22.4 Å². The van der Waals surface area contributed by atoms with Crippen molar-refractivity contribution < 1.29 is 27.1 Å². The second-order valence-corrected chi connectivity index (χ2v) is 4.95. The minimum atomic E-state index is -4.54. The summed E-state index contributed by atoms with van der Waals surface area (Å²) in [5, 5.41) is 0. The van der Waals surface area contributed by atoms with Crippen LogP contribution in [0.3, 0.4) is 0 Å². The molecule has 9 heteroatoms. The van der Waals surface area contributed by atoms with Gasteiger partial charge in [-0.3, -0.25) is 4.79 Å². The lowest BCUT2D eigenvalue weighted by atomic mass is 10.3. The molecule has 122 valence electrons. The van der Waals surface area contributed by atoms with Crippen LogP contribution in [0.1, 0.15) is 25.5 Å². The Hall–Kier alpha value is -1.93. The SMILES string of the molecule is CCc1ncnc(O[C@@H]2CCN(C(=O)CC(F)(F)F)C2)c1F. The van der Waals surface area contributed by atoms with Gasteiger partial charge in [0.25, 0.3) is 5.88 Å². The Morgan fingerprint density at radius 3 is 2.82 bits per heavy atom. The molecule has 5 nitrogen and oxygen atoms in total. The molecule has 0 N–H and O–H groups in total. The Morgan fingerprint density at radius 1 is 1.45 bits per heavy atom. The van der Waals surface area contributed by atoms with E-state index in [4.69, 9.17) is 4.74 Å². The van der Waals surface area contributed by atoms with Gasteiger partial charge in [0.15, 0.2) is 0 Å². The van der Waals surface area contributed by atoms with Crippen molar-refractivity contribution in [3.8, 4) is 5.88 Å². The number of aryl methyl sites for hydroxylation is 1. The van der Waals surface area contributed by atoms with Gasteiger partial charge in [0, 0.05) is 13.0 Å². The minimum Gasteiger partial charge on any atom is -0.470 e. The number of alkyl halides is 3. The van der Waals surface area contributed by atoms with Gasteiger partial charge in [0.2, 0.25) is 11.7 Å². The van der Waals surface area contributed by atoms with E-state index < -0.39 is 30.4 Å². The first kappa shape index (κ1) is 16.4. The summed E-state index contributed by atoms with van der Waals surface area (Å²) in [7, 11) is 0. The number of carbonyl (C=O) groups excluding carboxylic acids is 1. The normalized spacial score (nSPS) is 18.6. The highest BCUT2D eigenvalue weighted by Gasteiger charge is 2.36. The van der Waals surface area contributed by atoms with Crippen LogP contribution in [0.2, 0.25) is 0 Å². The summed E-state index contributed by atoms with van der Waals surface area (Å²) in [6, 6.07) is 0. The van der Waals surface area contributed by atoms with Crippen LogP contribution >= 0.6 is 0 Å². The summed E-state index contributed by atoms with van der Waals surface area (Å²) < 4.78 is 55.9. The third-order valence-electron chi connectivity index (χ3n) is 3.29. The first-order valence-electron chi connectivity index (χ1n) is 6.80. The number of amides is 1. The average molecular weight is 321 g/mol. The Morgan fingerprint density at radius 2 is 2.18 bits per heavy atom. The van der Waals surface area contributed by atoms with Gasteiger partial charge in [0.05, 0.1) is 12.2 Å². The lowest BCUT2D eigenvalue weighted by Gasteiger charge is -2.18. The third-order valence-corrected chi connectivity index (χ3v) is 3.29. The Labute approximate surface area is 124 Å². The van der Waals surface area contributed by atoms with Crippen molar-refractivity contribution in [3.63, 3.8) is 0 Å². The summed E-state index contributed by atoms with van der Waals surface area (Å²) in [6.07, 6.45) is -4.75. The fraction of sp³-hybridized carbons (Fsp3) is 0.615. The highest BCUT2D eigenvalue weighted by molar-refractivity contribution is 5.77. The lowest BCUT2D eigenvalue weighted by molar-refractivity contribution is -0.160. The minimum absolute atomic E-state index is 0.0141. The van der Waals surface area contributed by atoms with Crippen LogP contribution in [0.15, 0.2) is 6.33 Å². The van der Waals surface area contributed by atoms with E-state index in [2.05, 4.69) is 9.97 Å². The second kappa shape index (κ2) is 6.45. The maximum Gasteiger partial charge on any atom is 0.397 e. The molecule has 1 amide bonds. The first-order chi connectivity index (χ1) is 10.3. The zero-order valence-corrected chi connectivity index (χ0v) is 11.9. The fourth-order valence-corrected chi connectivity index (χ4v) is 2.21. The molecule has 2 heterocycles. The van der Waals surface area contributed by atoms with Crippen molar-refractivity contribution in [2.75, 3.05) is 13.1 Å². The summed E-state index contributed by atoms with van der Waals surface area (Å²) in [5.41, 5.74) is 0.202. The van der Waals surface area contributed by atoms with Gasteiger partial charge in [-0.15, -0.1) is 0 Å². The van der Waals surface area contributed by atoms with E-state index >= 15 is 0 Å². The van der Waals surface area contributed by atoms with Gasteiger partial charge in [0.1, 0.15) is 18.9 Å². The van der Waals surface area contributed by atoms with E-state index in [-0.39, 0.29) is 24.7 Å². The monoisotopic (exact) mass is 321 g/mol. The van der Waals surface area contributed by atoms with Gasteiger partial charge in [-0.25, -0.2) is 4.98 Å². The summed E-state index contributed by atoms with van der Waals surface area (Å²) >= 11 is 0. The fourth-order valence-electron chi connectivity index (χ4n) is 2.21. The van der Waals surface area contributed by atoms with Crippen LogP contribution in [0, 0.1) is 5.82 Å². The molecule has 1 atom stereocenters. The zero-order valence-electron chi connectivity index (χ0n) is 11.9. The Kier molecular flexibility index (Phi) is 4.82. The molecule has 2 rings (SSSR count). The van der Waals surface area contributed by atoms with Gasteiger partial charge in [-0.05, 0) is 6.42 Å². The lowest BCUT2D eigenvalue weighted by Crippen LogP contribution is -2.34. The van der Waals surface area contributed by atoms with E-state index in [1.54, 1.807) is 6.92 Å². The first-order valence-corrected chi connectivity index (χ1v) is 6.80. The topological polar surface area (TPSA) is 55.3 Å². The standard InChI is InChI=1S/C13H15F4N3O2/c1-2-9-11(14)12(19-7-18-9)22-8-3-4-20(6-8)10(21)5-13(15,16)17/h7-8H,2-6H2,1H3/t8-/m1/s1. The van der Waals surface area contributed by atoms with Gasteiger partial charge < -0.3 is 9.64 Å². The third kappa shape index (κ3) is 4.05. The summed E-state index contributed by atoms with van der Waals surface area (Å²) in [6.45, 7) is 1.86. The number of halogens is 4. The van der Waals surface area contributed by atoms with E-state index in [1.165, 1.54) is 6.33 Å². The number of carbonyl (C=O) groups is 1. The number of hydrogen-bond acceptors (Lipinski definition) is 4. The quantitative estimate of drug-likeness (QED) is 0.797. The molecule has 1 fully saturated rings. The number of ether oxygens (including phenoxy) is 1. The maximum atomic E-state index is 13.9. The highest BCUT2D eigenvalue weighted by atomic mass is 19.4. The van der Waals surface area contributed by atoms with Crippen LogP contribution in [0.25, 0.3) is 0 Å². The highest BCUT2D eigenvalue weighted by Crippen LogP contribution is 2.24. The molecule has 0 saturated carbocycles. The molecule has 1 saturated heterocycles. The van der Waals surface area contributed by atoms with Crippen molar-refractivity contribution in [3.05, 3.63) is 17.8 Å². The molecule has 0 bridgehead atoms. The van der Waals surface area contributed by atoms with Crippen LogP contribution in [0.4, 0.5) is 17.6 Å². The molecule has 1 aromatic heterocycles. The maximum absolute atomic E-state index is 13.9.